The van der Waals surface area contributed by atoms with E-state index in [0.717, 1.165) is 11.1 Å². The largest absolute Gasteiger partial charge is 0.508 e. The van der Waals surface area contributed by atoms with Gasteiger partial charge in [0.2, 0.25) is 5.95 Å². The van der Waals surface area contributed by atoms with Crippen LogP contribution in [0.2, 0.25) is 0 Å². The molecule has 122 valence electrons. The van der Waals surface area contributed by atoms with Crippen LogP contribution in [0.3, 0.4) is 0 Å². The van der Waals surface area contributed by atoms with Crippen molar-refractivity contribution in [1.29, 1.82) is 0 Å². The van der Waals surface area contributed by atoms with Crippen LogP contribution in [0.1, 0.15) is 0 Å². The minimum absolute atomic E-state index is 0.0159. The van der Waals surface area contributed by atoms with Crippen molar-refractivity contribution < 1.29 is 10.0 Å². The number of phenols is 1. The van der Waals surface area contributed by atoms with E-state index in [4.69, 9.17) is 16.6 Å². The third kappa shape index (κ3) is 4.41. The number of hydrogen-bond acceptors (Lipinski definition) is 7. The first kappa shape index (κ1) is 16.7. The van der Waals surface area contributed by atoms with Crippen molar-refractivity contribution in [3.8, 4) is 16.9 Å². The Kier molecular flexibility index (Phi) is 5.24. The van der Waals surface area contributed by atoms with E-state index in [1.54, 1.807) is 6.20 Å². The lowest BCUT2D eigenvalue weighted by molar-refractivity contribution is -0.384. The summed E-state index contributed by atoms with van der Waals surface area (Å²) >= 11 is 0. The number of benzene rings is 2. The SMILES string of the molecule is Nc1ncc(-c2ccccc2)c(N)n1.O=[N+]([O-])c1ccc(O)cc1. The summed E-state index contributed by atoms with van der Waals surface area (Å²) in [6.07, 6.45) is 1.63. The standard InChI is InChI=1S/C10H10N4.C6H5NO3/c11-9-8(6-13-10(12)14-9)7-4-2-1-3-5-7;8-6-3-1-5(2-4-6)7(9)10/h1-6H,(H4,11,12,13,14);1-4,8H. The van der Waals surface area contributed by atoms with Gasteiger partial charge < -0.3 is 16.6 Å². The second-order valence-electron chi connectivity index (χ2n) is 4.67. The molecule has 0 bridgehead atoms. The number of nitrogen functional groups attached to an aromatic ring is 2. The monoisotopic (exact) mass is 325 g/mol. The molecule has 0 aliphatic carbocycles. The molecular weight excluding hydrogens is 310 g/mol. The van der Waals surface area contributed by atoms with Gasteiger partial charge in [-0.05, 0) is 17.7 Å². The quantitative estimate of drug-likeness (QED) is 0.485. The van der Waals surface area contributed by atoms with Gasteiger partial charge in [-0.1, -0.05) is 30.3 Å². The molecule has 24 heavy (non-hydrogen) atoms. The number of non-ortho nitro benzene ring substituents is 1. The molecule has 0 aliphatic rings. The van der Waals surface area contributed by atoms with Gasteiger partial charge in [0, 0.05) is 23.9 Å². The molecular formula is C16H15N5O3. The average Bonchev–Trinajstić information content (AvgIpc) is 2.56. The molecule has 3 aromatic rings. The molecule has 1 heterocycles. The number of rotatable bonds is 2. The number of nitro benzene ring substituents is 1. The Hall–Kier alpha value is -3.68. The van der Waals surface area contributed by atoms with Crippen LogP contribution in [0.25, 0.3) is 11.1 Å². The second kappa shape index (κ2) is 7.54. The van der Waals surface area contributed by atoms with Crippen LogP contribution in [-0.4, -0.2) is 20.0 Å². The Bertz CT molecular complexity index is 823. The zero-order valence-electron chi connectivity index (χ0n) is 12.5. The Balaban J connectivity index is 0.000000185. The van der Waals surface area contributed by atoms with Crippen LogP contribution >= 0.6 is 0 Å². The van der Waals surface area contributed by atoms with Gasteiger partial charge >= 0.3 is 0 Å². The first-order valence-electron chi connectivity index (χ1n) is 6.84. The smallest absolute Gasteiger partial charge is 0.269 e. The number of nitrogens with zero attached hydrogens (tertiary/aromatic N) is 3. The highest BCUT2D eigenvalue weighted by Gasteiger charge is 2.04. The first-order valence-corrected chi connectivity index (χ1v) is 6.84. The van der Waals surface area contributed by atoms with Gasteiger partial charge in [-0.25, -0.2) is 4.98 Å². The van der Waals surface area contributed by atoms with E-state index in [-0.39, 0.29) is 17.4 Å². The fraction of sp³-hybridized carbons (Fsp3) is 0. The minimum Gasteiger partial charge on any atom is -0.508 e. The first-order chi connectivity index (χ1) is 11.5. The molecule has 0 radical (unpaired) electrons. The number of nitro groups is 1. The number of aromatic nitrogens is 2. The Morgan fingerprint density at radius 3 is 2.17 bits per heavy atom. The molecule has 8 nitrogen and oxygen atoms in total. The van der Waals surface area contributed by atoms with E-state index in [2.05, 4.69) is 9.97 Å². The number of phenolic OH excluding ortho intramolecular Hbond substituents is 1. The van der Waals surface area contributed by atoms with E-state index in [1.165, 1.54) is 24.3 Å². The summed E-state index contributed by atoms with van der Waals surface area (Å²) in [5.41, 5.74) is 12.9. The van der Waals surface area contributed by atoms with Gasteiger partial charge in [0.15, 0.2) is 0 Å². The summed E-state index contributed by atoms with van der Waals surface area (Å²) in [5.74, 6) is 0.636. The molecule has 1 aromatic heterocycles. The molecule has 0 saturated heterocycles. The lowest BCUT2D eigenvalue weighted by Crippen LogP contribution is -2.00. The lowest BCUT2D eigenvalue weighted by atomic mass is 10.1. The predicted molar refractivity (Wildman–Crippen MR) is 91.1 cm³/mol. The van der Waals surface area contributed by atoms with Gasteiger partial charge in [0.25, 0.3) is 5.69 Å². The van der Waals surface area contributed by atoms with E-state index < -0.39 is 4.92 Å². The number of hydrogen-bond donors (Lipinski definition) is 3. The zero-order valence-corrected chi connectivity index (χ0v) is 12.5. The molecule has 5 N–H and O–H groups in total. The molecule has 0 unspecified atom stereocenters. The van der Waals surface area contributed by atoms with Gasteiger partial charge in [0.05, 0.1) is 4.92 Å². The van der Waals surface area contributed by atoms with Crippen LogP contribution in [0.5, 0.6) is 5.75 Å². The van der Waals surface area contributed by atoms with Gasteiger partial charge in [0.1, 0.15) is 11.6 Å². The fourth-order valence-electron chi connectivity index (χ4n) is 1.82. The zero-order chi connectivity index (χ0) is 17.5. The summed E-state index contributed by atoms with van der Waals surface area (Å²) < 4.78 is 0. The van der Waals surface area contributed by atoms with E-state index >= 15 is 0 Å². The van der Waals surface area contributed by atoms with E-state index in [1.807, 2.05) is 30.3 Å². The van der Waals surface area contributed by atoms with Crippen molar-refractivity contribution >= 4 is 17.5 Å². The van der Waals surface area contributed by atoms with Crippen molar-refractivity contribution in [2.45, 2.75) is 0 Å². The van der Waals surface area contributed by atoms with Gasteiger partial charge in [-0.2, -0.15) is 4.98 Å². The third-order valence-corrected chi connectivity index (χ3v) is 2.98. The summed E-state index contributed by atoms with van der Waals surface area (Å²) in [6.45, 7) is 0. The van der Waals surface area contributed by atoms with Crippen molar-refractivity contribution in [3.63, 3.8) is 0 Å². The maximum atomic E-state index is 10.0. The number of anilines is 2. The van der Waals surface area contributed by atoms with Crippen molar-refractivity contribution in [2.75, 3.05) is 11.5 Å². The normalized spacial score (nSPS) is 9.67. The molecule has 0 atom stereocenters. The Morgan fingerprint density at radius 1 is 1.00 bits per heavy atom. The molecule has 0 spiro atoms. The minimum atomic E-state index is -0.514. The third-order valence-electron chi connectivity index (χ3n) is 2.98. The molecule has 0 amide bonds. The summed E-state index contributed by atoms with van der Waals surface area (Å²) in [7, 11) is 0. The number of aromatic hydroxyl groups is 1. The van der Waals surface area contributed by atoms with Gasteiger partial charge in [-0.3, -0.25) is 10.1 Å². The summed E-state index contributed by atoms with van der Waals surface area (Å²) in [5, 5.41) is 18.8. The van der Waals surface area contributed by atoms with Crippen LogP contribution in [0, 0.1) is 10.1 Å². The predicted octanol–water partition coefficient (Wildman–Crippen LogP) is 2.61. The lowest BCUT2D eigenvalue weighted by Gasteiger charge is -2.03. The molecule has 0 aliphatic heterocycles. The molecule has 0 saturated carbocycles. The summed E-state index contributed by atoms with van der Waals surface area (Å²) in [4.78, 5) is 17.3. The topological polar surface area (TPSA) is 141 Å². The van der Waals surface area contributed by atoms with Crippen LogP contribution in [-0.2, 0) is 0 Å². The number of nitrogens with two attached hydrogens (primary N) is 2. The van der Waals surface area contributed by atoms with E-state index in [9.17, 15) is 10.1 Å². The Labute approximate surface area is 137 Å². The van der Waals surface area contributed by atoms with Crippen LogP contribution < -0.4 is 11.5 Å². The Morgan fingerprint density at radius 2 is 1.62 bits per heavy atom. The maximum Gasteiger partial charge on any atom is 0.269 e. The average molecular weight is 325 g/mol. The highest BCUT2D eigenvalue weighted by molar-refractivity contribution is 5.73. The van der Waals surface area contributed by atoms with Crippen molar-refractivity contribution in [3.05, 3.63) is 70.9 Å². The maximum absolute atomic E-state index is 10.0. The van der Waals surface area contributed by atoms with Crippen molar-refractivity contribution in [2.24, 2.45) is 0 Å². The van der Waals surface area contributed by atoms with Crippen LogP contribution in [0.4, 0.5) is 17.5 Å². The fourth-order valence-corrected chi connectivity index (χ4v) is 1.82. The van der Waals surface area contributed by atoms with Crippen molar-refractivity contribution in [1.82, 2.24) is 9.97 Å². The highest BCUT2D eigenvalue weighted by atomic mass is 16.6. The highest BCUT2D eigenvalue weighted by Crippen LogP contribution is 2.23. The molecule has 0 fully saturated rings. The molecule has 8 heteroatoms. The van der Waals surface area contributed by atoms with Gasteiger partial charge in [-0.15, -0.1) is 0 Å². The summed E-state index contributed by atoms with van der Waals surface area (Å²) in [6, 6.07) is 14.8. The molecule has 2 aromatic carbocycles. The van der Waals surface area contributed by atoms with E-state index in [0.29, 0.717) is 5.82 Å². The van der Waals surface area contributed by atoms with Crippen LogP contribution in [0.15, 0.2) is 60.8 Å². The molecule has 3 rings (SSSR count). The second-order valence-corrected chi connectivity index (χ2v) is 4.67.